The maximum absolute atomic E-state index is 12.4. The molecule has 3 fully saturated rings. The van der Waals surface area contributed by atoms with Gasteiger partial charge in [-0.1, -0.05) is 11.6 Å². The molecular formula is C17H21ClLiNO5S. The van der Waals surface area contributed by atoms with Crippen molar-refractivity contribution >= 4 is 35.0 Å². The van der Waals surface area contributed by atoms with Gasteiger partial charge in [0.1, 0.15) is 17.5 Å². The molecule has 2 bridgehead atoms. The van der Waals surface area contributed by atoms with Gasteiger partial charge in [-0.3, -0.25) is 0 Å². The van der Waals surface area contributed by atoms with Gasteiger partial charge in [0.25, 0.3) is 0 Å². The molecule has 0 N–H and O–H groups in total. The van der Waals surface area contributed by atoms with Gasteiger partial charge in [0.05, 0.1) is 15.2 Å². The molecule has 1 aromatic rings. The SMILES string of the molecule is CC(C)(C)OC(=O)N1CC2CCC1CC2Oc1cc(Cl)sc1C(=O)[O-].[Li+]. The molecule has 1 saturated carbocycles. The fourth-order valence-corrected chi connectivity index (χ4v) is 4.47. The third kappa shape index (κ3) is 4.69. The molecule has 3 atom stereocenters. The Labute approximate surface area is 174 Å². The summed E-state index contributed by atoms with van der Waals surface area (Å²) in [7, 11) is 0. The first-order valence-electron chi connectivity index (χ1n) is 8.31. The predicted octanol–water partition coefficient (Wildman–Crippen LogP) is -0.0642. The van der Waals surface area contributed by atoms with Crippen molar-refractivity contribution in [1.82, 2.24) is 4.90 Å². The smallest absolute Gasteiger partial charge is 0.544 e. The van der Waals surface area contributed by atoms with E-state index >= 15 is 0 Å². The number of carbonyl (C=O) groups is 2. The van der Waals surface area contributed by atoms with Crippen molar-refractivity contribution in [1.29, 1.82) is 0 Å². The summed E-state index contributed by atoms with van der Waals surface area (Å²) in [5.74, 6) is -0.884. The summed E-state index contributed by atoms with van der Waals surface area (Å²) in [6.07, 6.45) is 2.06. The fourth-order valence-electron chi connectivity index (χ4n) is 3.49. The zero-order chi connectivity index (χ0) is 18.4. The Bertz CT molecular complexity index is 689. The summed E-state index contributed by atoms with van der Waals surface area (Å²) in [6.45, 7) is 6.10. The minimum atomic E-state index is -1.29. The molecule has 3 heterocycles. The van der Waals surface area contributed by atoms with Gasteiger partial charge in [0, 0.05) is 31.0 Å². The molecule has 0 spiro atoms. The van der Waals surface area contributed by atoms with Gasteiger partial charge in [0.2, 0.25) is 0 Å². The Morgan fingerprint density at radius 1 is 1.35 bits per heavy atom. The number of thiophene rings is 1. The van der Waals surface area contributed by atoms with Crippen molar-refractivity contribution < 1.29 is 43.0 Å². The zero-order valence-electron chi connectivity index (χ0n) is 15.4. The first kappa shape index (κ1) is 21.4. The number of rotatable bonds is 3. The van der Waals surface area contributed by atoms with Gasteiger partial charge in [-0.15, -0.1) is 11.3 Å². The average molecular weight is 394 g/mol. The molecule has 1 aliphatic carbocycles. The van der Waals surface area contributed by atoms with E-state index in [0.29, 0.717) is 17.3 Å². The van der Waals surface area contributed by atoms with E-state index in [1.54, 1.807) is 4.90 Å². The second-order valence-corrected chi connectivity index (χ2v) is 9.23. The number of carboxylic acids is 1. The molecule has 2 aliphatic heterocycles. The summed E-state index contributed by atoms with van der Waals surface area (Å²) in [4.78, 5) is 25.4. The van der Waals surface area contributed by atoms with E-state index in [-0.39, 0.29) is 53.6 Å². The topological polar surface area (TPSA) is 78.9 Å². The molecule has 1 aromatic heterocycles. The molecule has 0 aromatic carbocycles. The van der Waals surface area contributed by atoms with Crippen LogP contribution in [0.2, 0.25) is 4.34 Å². The average Bonchev–Trinajstić information content (AvgIpc) is 2.87. The van der Waals surface area contributed by atoms with Crippen molar-refractivity contribution in [3.63, 3.8) is 0 Å². The normalized spacial score (nSPS) is 24.8. The molecule has 2 saturated heterocycles. The van der Waals surface area contributed by atoms with Gasteiger partial charge < -0.3 is 24.3 Å². The molecular weight excluding hydrogens is 373 g/mol. The van der Waals surface area contributed by atoms with E-state index in [4.69, 9.17) is 21.1 Å². The number of piperidine rings is 2. The number of carbonyl (C=O) groups excluding carboxylic acids is 2. The Morgan fingerprint density at radius 2 is 2.04 bits per heavy atom. The van der Waals surface area contributed by atoms with E-state index in [1.807, 2.05) is 20.8 Å². The number of ether oxygens (including phenoxy) is 2. The molecule has 6 nitrogen and oxygen atoms in total. The standard InChI is InChI=1S/C17H22ClNO5S.Li/c1-17(2,3)24-16(22)19-8-9-4-5-10(19)6-11(9)23-12-7-13(18)25-14(12)15(20)21;/h7,9-11H,4-6,8H2,1-3H3,(H,20,21);/q;+1/p-1. The molecule has 9 heteroatoms. The Hall–Kier alpha value is -0.873. The van der Waals surface area contributed by atoms with E-state index in [9.17, 15) is 14.7 Å². The maximum Gasteiger partial charge on any atom is 1.00 e. The van der Waals surface area contributed by atoms with Gasteiger partial charge >= 0.3 is 25.0 Å². The molecule has 138 valence electrons. The summed E-state index contributed by atoms with van der Waals surface area (Å²) in [5, 5.41) is 11.2. The number of nitrogens with zero attached hydrogens (tertiary/aromatic N) is 1. The maximum atomic E-state index is 12.4. The van der Waals surface area contributed by atoms with Crippen molar-refractivity contribution in [3.05, 3.63) is 15.3 Å². The number of hydrogen-bond acceptors (Lipinski definition) is 6. The zero-order valence-corrected chi connectivity index (χ0v) is 17.0. The van der Waals surface area contributed by atoms with Gasteiger partial charge in [0.15, 0.2) is 0 Å². The van der Waals surface area contributed by atoms with E-state index in [1.165, 1.54) is 6.07 Å². The number of aromatic carboxylic acids is 1. The largest absolute Gasteiger partial charge is 1.00 e. The van der Waals surface area contributed by atoms with Crippen molar-refractivity contribution in [2.45, 2.75) is 57.8 Å². The Kier molecular flexibility index (Phi) is 6.61. The van der Waals surface area contributed by atoms with Crippen LogP contribution in [-0.4, -0.2) is 41.3 Å². The van der Waals surface area contributed by atoms with Gasteiger partial charge in [-0.2, -0.15) is 0 Å². The number of carboxylic acid groups (broad SMARTS) is 1. The number of fused-ring (bicyclic) bond motifs is 3. The van der Waals surface area contributed by atoms with Gasteiger partial charge in [-0.05, 0) is 33.6 Å². The number of amides is 1. The molecule has 3 unspecified atom stereocenters. The van der Waals surface area contributed by atoms with Crippen molar-refractivity contribution in [2.24, 2.45) is 5.92 Å². The molecule has 0 radical (unpaired) electrons. The van der Waals surface area contributed by atoms with Crippen LogP contribution in [-0.2, 0) is 4.74 Å². The second-order valence-electron chi connectivity index (χ2n) is 7.55. The number of halogens is 1. The Balaban J connectivity index is 0.00000243. The molecule has 3 aliphatic rings. The fraction of sp³-hybridized carbons (Fsp3) is 0.647. The summed E-state index contributed by atoms with van der Waals surface area (Å²) >= 11 is 6.85. The minimum Gasteiger partial charge on any atom is -0.544 e. The van der Waals surface area contributed by atoms with Crippen LogP contribution in [0.4, 0.5) is 4.79 Å². The van der Waals surface area contributed by atoms with E-state index in [0.717, 1.165) is 24.2 Å². The van der Waals surface area contributed by atoms with Crippen LogP contribution in [0.15, 0.2) is 6.07 Å². The monoisotopic (exact) mass is 393 g/mol. The van der Waals surface area contributed by atoms with E-state index < -0.39 is 11.6 Å². The summed E-state index contributed by atoms with van der Waals surface area (Å²) in [6, 6.07) is 1.57. The van der Waals surface area contributed by atoms with Crippen LogP contribution >= 0.6 is 22.9 Å². The molecule has 1 amide bonds. The van der Waals surface area contributed by atoms with Crippen LogP contribution < -0.4 is 28.7 Å². The van der Waals surface area contributed by atoms with Crippen LogP contribution in [0.25, 0.3) is 0 Å². The van der Waals surface area contributed by atoms with Crippen LogP contribution in [0.1, 0.15) is 49.7 Å². The predicted molar refractivity (Wildman–Crippen MR) is 92.1 cm³/mol. The third-order valence-electron chi connectivity index (χ3n) is 4.53. The molecule has 26 heavy (non-hydrogen) atoms. The second kappa shape index (κ2) is 8.01. The van der Waals surface area contributed by atoms with E-state index in [2.05, 4.69) is 0 Å². The summed E-state index contributed by atoms with van der Waals surface area (Å²) < 4.78 is 11.8. The number of hydrogen-bond donors (Lipinski definition) is 0. The first-order valence-corrected chi connectivity index (χ1v) is 9.50. The van der Waals surface area contributed by atoms with Crippen LogP contribution in [0, 0.1) is 5.92 Å². The summed E-state index contributed by atoms with van der Waals surface area (Å²) in [5.41, 5.74) is -0.527. The van der Waals surface area contributed by atoms with Crippen LogP contribution in [0.3, 0.4) is 0 Å². The minimum absolute atomic E-state index is 0. The first-order chi connectivity index (χ1) is 11.6. The Morgan fingerprint density at radius 3 is 2.58 bits per heavy atom. The quantitative estimate of drug-likeness (QED) is 0.672. The third-order valence-corrected chi connectivity index (χ3v) is 5.76. The van der Waals surface area contributed by atoms with Crippen LogP contribution in [0.5, 0.6) is 5.75 Å². The van der Waals surface area contributed by atoms with Crippen molar-refractivity contribution in [3.8, 4) is 5.75 Å². The van der Waals surface area contributed by atoms with Gasteiger partial charge in [-0.25, -0.2) is 4.79 Å². The van der Waals surface area contributed by atoms with Crippen molar-refractivity contribution in [2.75, 3.05) is 6.54 Å². The molecule has 4 rings (SSSR count).